The summed E-state index contributed by atoms with van der Waals surface area (Å²) in [5.41, 5.74) is -0.0280. The fourth-order valence-corrected chi connectivity index (χ4v) is 3.15. The number of nitrogens with zero attached hydrogens (tertiary/aromatic N) is 2. The van der Waals surface area contributed by atoms with Crippen molar-refractivity contribution < 1.29 is 9.59 Å². The Hall–Kier alpha value is -0.810. The van der Waals surface area contributed by atoms with Gasteiger partial charge in [-0.2, -0.15) is 0 Å². The van der Waals surface area contributed by atoms with E-state index in [2.05, 4.69) is 26.1 Å². The van der Waals surface area contributed by atoms with Crippen molar-refractivity contribution in [1.29, 1.82) is 0 Å². The first-order chi connectivity index (χ1) is 9.88. The first-order valence-electron chi connectivity index (χ1n) is 8.17. The van der Waals surface area contributed by atoms with Gasteiger partial charge in [0, 0.05) is 32.6 Å². The van der Waals surface area contributed by atoms with E-state index in [1.165, 1.54) is 0 Å². The van der Waals surface area contributed by atoms with Crippen LogP contribution in [0.4, 0.5) is 0 Å². The Labute approximate surface area is 140 Å². The van der Waals surface area contributed by atoms with Crippen molar-refractivity contribution in [3.8, 4) is 0 Å². The number of rotatable bonds is 2. The van der Waals surface area contributed by atoms with Crippen molar-refractivity contribution in [1.82, 2.24) is 15.1 Å². The first kappa shape index (κ1) is 19.2. The highest BCUT2D eigenvalue weighted by Gasteiger charge is 2.37. The second kappa shape index (κ2) is 8.16. The van der Waals surface area contributed by atoms with Crippen LogP contribution in [0, 0.1) is 5.41 Å². The normalized spacial score (nSPS) is 23.0. The highest BCUT2D eigenvalue weighted by atomic mass is 35.5. The van der Waals surface area contributed by atoms with Crippen LogP contribution in [0.1, 0.15) is 46.5 Å². The molecule has 0 bridgehead atoms. The highest BCUT2D eigenvalue weighted by Crippen LogP contribution is 2.25. The Morgan fingerprint density at radius 3 is 2.50 bits per heavy atom. The van der Waals surface area contributed by atoms with E-state index in [9.17, 15) is 9.59 Å². The molecule has 2 heterocycles. The van der Waals surface area contributed by atoms with Gasteiger partial charge in [-0.3, -0.25) is 9.59 Å². The Bertz CT molecular complexity index is 387. The zero-order valence-corrected chi connectivity index (χ0v) is 14.9. The van der Waals surface area contributed by atoms with Crippen LogP contribution in [0.25, 0.3) is 0 Å². The molecule has 0 aromatic carbocycles. The van der Waals surface area contributed by atoms with Gasteiger partial charge in [-0.15, -0.1) is 12.4 Å². The van der Waals surface area contributed by atoms with E-state index >= 15 is 0 Å². The standard InChI is InChI=1S/C16H29N3O2.ClH/c1-16(2,3)12-14(20)19-10-4-6-13(19)15(21)18-9-5-7-17-8-11-18;/h13,17H,4-12H2,1-3H3;1H. The Morgan fingerprint density at radius 2 is 1.82 bits per heavy atom. The van der Waals surface area contributed by atoms with Gasteiger partial charge >= 0.3 is 0 Å². The van der Waals surface area contributed by atoms with Crippen LogP contribution in [0.5, 0.6) is 0 Å². The third-order valence-corrected chi connectivity index (χ3v) is 4.19. The molecule has 0 radical (unpaired) electrons. The zero-order valence-electron chi connectivity index (χ0n) is 14.1. The van der Waals surface area contributed by atoms with Crippen molar-refractivity contribution in [2.24, 2.45) is 5.41 Å². The van der Waals surface area contributed by atoms with Gasteiger partial charge < -0.3 is 15.1 Å². The van der Waals surface area contributed by atoms with Crippen LogP contribution in [0.15, 0.2) is 0 Å². The van der Waals surface area contributed by atoms with Gasteiger partial charge in [0.05, 0.1) is 0 Å². The number of likely N-dealkylation sites (tertiary alicyclic amines) is 1. The number of halogens is 1. The third-order valence-electron chi connectivity index (χ3n) is 4.19. The van der Waals surface area contributed by atoms with Crippen LogP contribution in [0.2, 0.25) is 0 Å². The molecule has 1 unspecified atom stereocenters. The minimum Gasteiger partial charge on any atom is -0.340 e. The lowest BCUT2D eigenvalue weighted by molar-refractivity contribution is -0.144. The molecule has 5 nitrogen and oxygen atoms in total. The molecule has 2 aliphatic heterocycles. The van der Waals surface area contributed by atoms with E-state index in [1.807, 2.05) is 9.80 Å². The number of carbonyl (C=O) groups excluding carboxylic acids is 2. The maximum Gasteiger partial charge on any atom is 0.245 e. The van der Waals surface area contributed by atoms with Crippen LogP contribution >= 0.6 is 12.4 Å². The molecular weight excluding hydrogens is 302 g/mol. The van der Waals surface area contributed by atoms with Crippen molar-refractivity contribution in [3.05, 3.63) is 0 Å². The maximum atomic E-state index is 12.7. The molecule has 22 heavy (non-hydrogen) atoms. The van der Waals surface area contributed by atoms with Crippen LogP contribution in [-0.4, -0.2) is 60.4 Å². The molecule has 2 amide bonds. The topological polar surface area (TPSA) is 52.7 Å². The fraction of sp³-hybridized carbons (Fsp3) is 0.875. The van der Waals surface area contributed by atoms with E-state index in [-0.39, 0.29) is 35.7 Å². The summed E-state index contributed by atoms with van der Waals surface area (Å²) in [6.07, 6.45) is 3.27. The molecule has 6 heteroatoms. The summed E-state index contributed by atoms with van der Waals surface area (Å²) >= 11 is 0. The summed E-state index contributed by atoms with van der Waals surface area (Å²) in [6.45, 7) is 10.3. The Balaban J connectivity index is 0.00000242. The molecule has 2 aliphatic rings. The van der Waals surface area contributed by atoms with E-state index in [4.69, 9.17) is 0 Å². The lowest BCUT2D eigenvalue weighted by atomic mass is 9.91. The van der Waals surface area contributed by atoms with Gasteiger partial charge in [-0.1, -0.05) is 20.8 Å². The second-order valence-corrected chi connectivity index (χ2v) is 7.41. The summed E-state index contributed by atoms with van der Waals surface area (Å²) in [7, 11) is 0. The summed E-state index contributed by atoms with van der Waals surface area (Å²) in [6, 6.07) is -0.224. The van der Waals surface area contributed by atoms with Crippen molar-refractivity contribution in [2.75, 3.05) is 32.7 Å². The van der Waals surface area contributed by atoms with E-state index < -0.39 is 0 Å². The van der Waals surface area contributed by atoms with Crippen LogP contribution in [-0.2, 0) is 9.59 Å². The van der Waals surface area contributed by atoms with Gasteiger partial charge in [-0.25, -0.2) is 0 Å². The number of hydrogen-bond donors (Lipinski definition) is 1. The fourth-order valence-electron chi connectivity index (χ4n) is 3.15. The highest BCUT2D eigenvalue weighted by molar-refractivity contribution is 5.88. The molecule has 128 valence electrons. The van der Waals surface area contributed by atoms with Crippen molar-refractivity contribution >= 4 is 24.2 Å². The summed E-state index contributed by atoms with van der Waals surface area (Å²) in [5.74, 6) is 0.282. The minimum atomic E-state index is -0.224. The molecule has 1 N–H and O–H groups in total. The van der Waals surface area contributed by atoms with Crippen LogP contribution < -0.4 is 5.32 Å². The molecule has 1 atom stereocenters. The number of hydrogen-bond acceptors (Lipinski definition) is 3. The predicted molar refractivity (Wildman–Crippen MR) is 90.1 cm³/mol. The second-order valence-electron chi connectivity index (χ2n) is 7.41. The minimum absolute atomic E-state index is 0. The number of nitrogens with one attached hydrogen (secondary N) is 1. The van der Waals surface area contributed by atoms with Crippen molar-refractivity contribution in [2.45, 2.75) is 52.5 Å². The SMILES string of the molecule is CC(C)(C)CC(=O)N1CCCC1C(=O)N1CCCNCC1.Cl. The van der Waals surface area contributed by atoms with Gasteiger partial charge in [0.15, 0.2) is 0 Å². The molecular formula is C16H30ClN3O2. The quantitative estimate of drug-likeness (QED) is 0.837. The average molecular weight is 332 g/mol. The molecule has 0 spiro atoms. The average Bonchev–Trinajstić information content (AvgIpc) is 2.71. The molecule has 0 aromatic heterocycles. The van der Waals surface area contributed by atoms with Gasteiger partial charge in [0.2, 0.25) is 11.8 Å². The molecule has 2 fully saturated rings. The maximum absolute atomic E-state index is 12.7. The van der Waals surface area contributed by atoms with Gasteiger partial charge in [0.1, 0.15) is 6.04 Å². The Morgan fingerprint density at radius 1 is 1.09 bits per heavy atom. The molecule has 2 saturated heterocycles. The van der Waals surface area contributed by atoms with E-state index in [0.29, 0.717) is 6.42 Å². The van der Waals surface area contributed by atoms with Gasteiger partial charge in [-0.05, 0) is 31.2 Å². The summed E-state index contributed by atoms with van der Waals surface area (Å²) < 4.78 is 0. The lowest BCUT2D eigenvalue weighted by Gasteiger charge is -2.31. The monoisotopic (exact) mass is 331 g/mol. The summed E-state index contributed by atoms with van der Waals surface area (Å²) in [5, 5.41) is 3.31. The number of carbonyl (C=O) groups is 2. The zero-order chi connectivity index (χ0) is 15.5. The molecule has 2 rings (SSSR count). The Kier molecular flexibility index (Phi) is 7.13. The first-order valence-corrected chi connectivity index (χ1v) is 8.17. The summed E-state index contributed by atoms with van der Waals surface area (Å²) in [4.78, 5) is 29.0. The van der Waals surface area contributed by atoms with E-state index in [0.717, 1.165) is 52.0 Å². The van der Waals surface area contributed by atoms with Gasteiger partial charge in [0.25, 0.3) is 0 Å². The molecule has 0 aliphatic carbocycles. The molecule has 0 aromatic rings. The van der Waals surface area contributed by atoms with Crippen molar-refractivity contribution in [3.63, 3.8) is 0 Å². The smallest absolute Gasteiger partial charge is 0.245 e. The number of amides is 2. The third kappa shape index (κ3) is 5.13. The van der Waals surface area contributed by atoms with Crippen LogP contribution in [0.3, 0.4) is 0 Å². The largest absolute Gasteiger partial charge is 0.340 e. The lowest BCUT2D eigenvalue weighted by Crippen LogP contribution is -2.49. The predicted octanol–water partition coefficient (Wildman–Crippen LogP) is 1.66. The van der Waals surface area contributed by atoms with E-state index in [1.54, 1.807) is 0 Å². The molecule has 0 saturated carbocycles.